The number of hydrogen-bond donors (Lipinski definition) is 2. The molecule has 9 heteroatoms. The molecule has 114 valence electrons. The first-order chi connectivity index (χ1) is 9.88. The molecule has 0 saturated carbocycles. The molecular weight excluding hydrogens is 288 g/mol. The minimum absolute atomic E-state index is 0.0717. The quantitative estimate of drug-likeness (QED) is 0.607. The molecule has 0 aliphatic carbocycles. The molecule has 0 heterocycles. The minimum Gasteiger partial charge on any atom is -0.356 e. The van der Waals surface area contributed by atoms with Crippen LogP contribution < -0.4 is 10.6 Å². The van der Waals surface area contributed by atoms with Crippen molar-refractivity contribution >= 4 is 17.5 Å². The van der Waals surface area contributed by atoms with Crippen LogP contribution in [0.2, 0.25) is 0 Å². The lowest BCUT2D eigenvalue weighted by Crippen LogP contribution is -2.31. The van der Waals surface area contributed by atoms with Crippen LogP contribution in [0.25, 0.3) is 0 Å². The van der Waals surface area contributed by atoms with Gasteiger partial charge in [0.2, 0.25) is 11.7 Å². The van der Waals surface area contributed by atoms with Gasteiger partial charge in [0, 0.05) is 25.6 Å². The number of nitrogens with zero attached hydrogens (tertiary/aromatic N) is 1. The Bertz CT molecular complexity index is 578. The molecule has 1 aromatic carbocycles. The summed E-state index contributed by atoms with van der Waals surface area (Å²) < 4.78 is 27.2. The molecule has 7 nitrogen and oxygen atoms in total. The maximum atomic E-state index is 13.7. The highest BCUT2D eigenvalue weighted by molar-refractivity contribution is 5.95. The van der Waals surface area contributed by atoms with Crippen LogP contribution in [0.4, 0.5) is 14.5 Å². The van der Waals surface area contributed by atoms with Crippen molar-refractivity contribution in [1.82, 2.24) is 10.6 Å². The van der Waals surface area contributed by atoms with Gasteiger partial charge < -0.3 is 10.6 Å². The van der Waals surface area contributed by atoms with Crippen molar-refractivity contribution in [1.29, 1.82) is 0 Å². The lowest BCUT2D eigenvalue weighted by Gasteiger charge is -2.07. The second-order valence-corrected chi connectivity index (χ2v) is 3.97. The van der Waals surface area contributed by atoms with Gasteiger partial charge in [-0.2, -0.15) is 4.39 Å². The lowest BCUT2D eigenvalue weighted by molar-refractivity contribution is -0.387. The van der Waals surface area contributed by atoms with E-state index >= 15 is 0 Å². The number of amides is 2. The fraction of sp³-hybridized carbons (Fsp3) is 0.333. The van der Waals surface area contributed by atoms with Gasteiger partial charge in [0.05, 0.1) is 4.92 Å². The minimum atomic E-state index is -1.55. The lowest BCUT2D eigenvalue weighted by atomic mass is 10.1. The Morgan fingerprint density at radius 2 is 1.95 bits per heavy atom. The number of carbonyl (C=O) groups is 2. The SMILES string of the molecule is CCNC(=O)CCNC(=O)c1c(F)ccc([N+](=O)[O-])c1F. The Kier molecular flexibility index (Phi) is 5.70. The Balaban J connectivity index is 2.81. The molecule has 0 saturated heterocycles. The van der Waals surface area contributed by atoms with E-state index < -0.39 is 33.7 Å². The van der Waals surface area contributed by atoms with Crippen LogP contribution in [0.1, 0.15) is 23.7 Å². The first-order valence-electron chi connectivity index (χ1n) is 6.05. The summed E-state index contributed by atoms with van der Waals surface area (Å²) in [6, 6.07) is 1.27. The second kappa shape index (κ2) is 7.27. The molecular formula is C12H13F2N3O4. The molecule has 0 spiro atoms. The van der Waals surface area contributed by atoms with Crippen molar-refractivity contribution < 1.29 is 23.3 Å². The summed E-state index contributed by atoms with van der Waals surface area (Å²) in [5, 5.41) is 15.2. The number of nitrogens with one attached hydrogen (secondary N) is 2. The van der Waals surface area contributed by atoms with Crippen molar-refractivity contribution in [2.75, 3.05) is 13.1 Å². The smallest absolute Gasteiger partial charge is 0.305 e. The number of rotatable bonds is 6. The topological polar surface area (TPSA) is 101 Å². The summed E-state index contributed by atoms with van der Waals surface area (Å²) in [5.74, 6) is -4.25. The van der Waals surface area contributed by atoms with E-state index in [1.54, 1.807) is 6.92 Å². The van der Waals surface area contributed by atoms with Crippen molar-refractivity contribution in [2.24, 2.45) is 0 Å². The van der Waals surface area contributed by atoms with Gasteiger partial charge in [-0.3, -0.25) is 19.7 Å². The summed E-state index contributed by atoms with van der Waals surface area (Å²) in [6.45, 7) is 1.98. The standard InChI is InChI=1S/C12H13F2N3O4/c1-2-15-9(18)5-6-16-12(19)10-7(13)3-4-8(11(10)14)17(20)21/h3-4H,2,5-6H2,1H3,(H,15,18)(H,16,19). The first kappa shape index (κ1) is 16.5. The zero-order valence-corrected chi connectivity index (χ0v) is 11.1. The zero-order valence-electron chi connectivity index (χ0n) is 11.1. The summed E-state index contributed by atoms with van der Waals surface area (Å²) >= 11 is 0. The van der Waals surface area contributed by atoms with E-state index in [4.69, 9.17) is 0 Å². The fourth-order valence-corrected chi connectivity index (χ4v) is 1.55. The van der Waals surface area contributed by atoms with Crippen LogP contribution >= 0.6 is 0 Å². The van der Waals surface area contributed by atoms with Crippen LogP contribution in [-0.4, -0.2) is 29.8 Å². The van der Waals surface area contributed by atoms with E-state index in [2.05, 4.69) is 10.6 Å². The monoisotopic (exact) mass is 301 g/mol. The molecule has 21 heavy (non-hydrogen) atoms. The Labute approximate surface area is 118 Å². The summed E-state index contributed by atoms with van der Waals surface area (Å²) in [4.78, 5) is 32.3. The van der Waals surface area contributed by atoms with Crippen molar-refractivity contribution in [2.45, 2.75) is 13.3 Å². The number of benzene rings is 1. The average molecular weight is 301 g/mol. The molecule has 0 fully saturated rings. The van der Waals surface area contributed by atoms with Crippen molar-refractivity contribution in [3.05, 3.63) is 39.4 Å². The Morgan fingerprint density at radius 3 is 2.52 bits per heavy atom. The molecule has 0 aliphatic heterocycles. The molecule has 2 N–H and O–H groups in total. The molecule has 1 aromatic rings. The molecule has 2 amide bonds. The van der Waals surface area contributed by atoms with E-state index in [1.807, 2.05) is 0 Å². The van der Waals surface area contributed by atoms with Gasteiger partial charge in [-0.25, -0.2) is 4.39 Å². The van der Waals surface area contributed by atoms with E-state index in [-0.39, 0.29) is 18.9 Å². The van der Waals surface area contributed by atoms with Gasteiger partial charge in [0.15, 0.2) is 0 Å². The normalized spacial score (nSPS) is 10.0. The van der Waals surface area contributed by atoms with E-state index in [0.29, 0.717) is 18.7 Å². The first-order valence-corrected chi connectivity index (χ1v) is 6.05. The largest absolute Gasteiger partial charge is 0.356 e. The average Bonchev–Trinajstić information content (AvgIpc) is 2.38. The zero-order chi connectivity index (χ0) is 16.0. The molecule has 0 atom stereocenters. The summed E-state index contributed by atoms with van der Waals surface area (Å²) in [6.07, 6.45) is -0.0717. The van der Waals surface area contributed by atoms with Crippen LogP contribution in [0.3, 0.4) is 0 Å². The van der Waals surface area contributed by atoms with Gasteiger partial charge in [0.25, 0.3) is 5.91 Å². The molecule has 0 unspecified atom stereocenters. The highest BCUT2D eigenvalue weighted by Gasteiger charge is 2.25. The van der Waals surface area contributed by atoms with Gasteiger partial charge >= 0.3 is 5.69 Å². The Hall–Kier alpha value is -2.58. The summed E-state index contributed by atoms with van der Waals surface area (Å²) in [5.41, 5.74) is -2.04. The predicted octanol–water partition coefficient (Wildman–Crippen LogP) is 1.13. The molecule has 0 radical (unpaired) electrons. The molecule has 1 rings (SSSR count). The predicted molar refractivity (Wildman–Crippen MR) is 68.6 cm³/mol. The van der Waals surface area contributed by atoms with Gasteiger partial charge in [0.1, 0.15) is 11.4 Å². The van der Waals surface area contributed by atoms with Gasteiger partial charge in [-0.05, 0) is 13.0 Å². The van der Waals surface area contributed by atoms with Crippen molar-refractivity contribution in [3.8, 4) is 0 Å². The fourth-order valence-electron chi connectivity index (χ4n) is 1.55. The third kappa shape index (κ3) is 4.20. The van der Waals surface area contributed by atoms with Crippen molar-refractivity contribution in [3.63, 3.8) is 0 Å². The maximum absolute atomic E-state index is 13.7. The number of carbonyl (C=O) groups excluding carboxylic acids is 2. The number of nitro benzene ring substituents is 1. The van der Waals surface area contributed by atoms with E-state index in [1.165, 1.54) is 0 Å². The van der Waals surface area contributed by atoms with E-state index in [0.717, 1.165) is 0 Å². The van der Waals surface area contributed by atoms with Crippen LogP contribution in [0.5, 0.6) is 0 Å². The highest BCUT2D eigenvalue weighted by atomic mass is 19.1. The van der Waals surface area contributed by atoms with E-state index in [9.17, 15) is 28.5 Å². The van der Waals surface area contributed by atoms with Gasteiger partial charge in [-0.1, -0.05) is 0 Å². The number of halogens is 2. The third-order valence-electron chi connectivity index (χ3n) is 2.51. The van der Waals surface area contributed by atoms with Crippen LogP contribution in [0.15, 0.2) is 12.1 Å². The summed E-state index contributed by atoms with van der Waals surface area (Å²) in [7, 11) is 0. The molecule has 0 aliphatic rings. The van der Waals surface area contributed by atoms with Crippen LogP contribution in [-0.2, 0) is 4.79 Å². The Morgan fingerprint density at radius 1 is 1.29 bits per heavy atom. The highest BCUT2D eigenvalue weighted by Crippen LogP contribution is 2.22. The molecule has 0 bridgehead atoms. The number of nitro groups is 1. The van der Waals surface area contributed by atoms with Gasteiger partial charge in [-0.15, -0.1) is 0 Å². The molecule has 0 aromatic heterocycles. The second-order valence-electron chi connectivity index (χ2n) is 3.97. The maximum Gasteiger partial charge on any atom is 0.305 e. The number of hydrogen-bond acceptors (Lipinski definition) is 4. The van der Waals surface area contributed by atoms with Crippen LogP contribution in [0, 0.1) is 21.7 Å². The third-order valence-corrected chi connectivity index (χ3v) is 2.51.